The SMILES string of the molecule is Cc1cc(N[C@@H]2CCc3nc(C)nn3C2)nc(N)n1. The van der Waals surface area contributed by atoms with Crippen LogP contribution in [0.3, 0.4) is 0 Å². The Hall–Kier alpha value is -2.18. The minimum absolute atomic E-state index is 0.294. The second-order valence-corrected chi connectivity index (χ2v) is 4.89. The predicted octanol–water partition coefficient (Wildman–Crippen LogP) is 0.694. The van der Waals surface area contributed by atoms with E-state index in [0.717, 1.165) is 42.5 Å². The molecule has 3 heterocycles. The highest BCUT2D eigenvalue weighted by Gasteiger charge is 2.21. The van der Waals surface area contributed by atoms with Gasteiger partial charge in [0.2, 0.25) is 5.95 Å². The van der Waals surface area contributed by atoms with E-state index < -0.39 is 0 Å². The predicted molar refractivity (Wildman–Crippen MR) is 71.7 cm³/mol. The van der Waals surface area contributed by atoms with E-state index in [1.807, 2.05) is 24.6 Å². The van der Waals surface area contributed by atoms with Crippen LogP contribution in [-0.2, 0) is 13.0 Å². The van der Waals surface area contributed by atoms with Crippen LogP contribution in [0.5, 0.6) is 0 Å². The molecular formula is C12H17N7. The smallest absolute Gasteiger partial charge is 0.222 e. The number of aryl methyl sites for hydroxylation is 3. The number of hydrogen-bond acceptors (Lipinski definition) is 6. The zero-order valence-electron chi connectivity index (χ0n) is 11.1. The molecule has 1 atom stereocenters. The molecule has 1 aliphatic rings. The molecule has 0 fully saturated rings. The van der Waals surface area contributed by atoms with Gasteiger partial charge in [-0.1, -0.05) is 0 Å². The second-order valence-electron chi connectivity index (χ2n) is 4.89. The van der Waals surface area contributed by atoms with E-state index in [4.69, 9.17) is 5.73 Å². The maximum atomic E-state index is 5.65. The first-order valence-electron chi connectivity index (χ1n) is 6.38. The molecule has 3 rings (SSSR count). The van der Waals surface area contributed by atoms with Crippen molar-refractivity contribution in [3.63, 3.8) is 0 Å². The number of rotatable bonds is 2. The number of nitrogens with zero attached hydrogens (tertiary/aromatic N) is 5. The lowest BCUT2D eigenvalue weighted by atomic mass is 10.1. The van der Waals surface area contributed by atoms with Crippen LogP contribution in [0.4, 0.5) is 11.8 Å². The van der Waals surface area contributed by atoms with Crippen LogP contribution < -0.4 is 11.1 Å². The van der Waals surface area contributed by atoms with Crippen LogP contribution in [0.1, 0.15) is 23.8 Å². The Morgan fingerprint density at radius 1 is 1.32 bits per heavy atom. The van der Waals surface area contributed by atoms with E-state index in [1.165, 1.54) is 0 Å². The molecule has 0 unspecified atom stereocenters. The molecule has 0 spiro atoms. The molecule has 0 saturated carbocycles. The van der Waals surface area contributed by atoms with Gasteiger partial charge < -0.3 is 11.1 Å². The third-order valence-electron chi connectivity index (χ3n) is 3.19. The molecule has 1 aliphatic heterocycles. The van der Waals surface area contributed by atoms with Crippen molar-refractivity contribution in [2.45, 2.75) is 39.3 Å². The highest BCUT2D eigenvalue weighted by Crippen LogP contribution is 2.17. The summed E-state index contributed by atoms with van der Waals surface area (Å²) >= 11 is 0. The maximum absolute atomic E-state index is 5.65. The van der Waals surface area contributed by atoms with E-state index in [2.05, 4.69) is 25.4 Å². The van der Waals surface area contributed by atoms with Gasteiger partial charge in [-0.25, -0.2) is 14.6 Å². The molecule has 3 N–H and O–H groups in total. The minimum Gasteiger partial charge on any atom is -0.368 e. The van der Waals surface area contributed by atoms with Crippen molar-refractivity contribution in [3.05, 3.63) is 23.4 Å². The Labute approximate surface area is 111 Å². The fourth-order valence-electron chi connectivity index (χ4n) is 2.43. The summed E-state index contributed by atoms with van der Waals surface area (Å²) in [6.45, 7) is 4.63. The van der Waals surface area contributed by atoms with Crippen molar-refractivity contribution in [1.29, 1.82) is 0 Å². The molecule has 0 aromatic carbocycles. The summed E-state index contributed by atoms with van der Waals surface area (Å²) in [5.41, 5.74) is 6.52. The zero-order valence-corrected chi connectivity index (χ0v) is 11.1. The number of nitrogens with one attached hydrogen (secondary N) is 1. The second kappa shape index (κ2) is 4.49. The Bertz CT molecular complexity index is 584. The quantitative estimate of drug-likeness (QED) is 0.824. The Morgan fingerprint density at radius 2 is 2.16 bits per heavy atom. The van der Waals surface area contributed by atoms with Crippen molar-refractivity contribution in [2.75, 3.05) is 11.1 Å². The van der Waals surface area contributed by atoms with Crippen LogP contribution >= 0.6 is 0 Å². The molecule has 19 heavy (non-hydrogen) atoms. The molecule has 0 amide bonds. The lowest BCUT2D eigenvalue weighted by Crippen LogP contribution is -2.32. The fourth-order valence-corrected chi connectivity index (χ4v) is 2.43. The number of anilines is 2. The minimum atomic E-state index is 0.294. The number of nitrogen functional groups attached to an aromatic ring is 1. The molecule has 0 bridgehead atoms. The zero-order chi connectivity index (χ0) is 13.4. The van der Waals surface area contributed by atoms with Gasteiger partial charge in [-0.05, 0) is 20.3 Å². The first kappa shape index (κ1) is 11.9. The van der Waals surface area contributed by atoms with Gasteiger partial charge in [0.15, 0.2) is 0 Å². The van der Waals surface area contributed by atoms with Gasteiger partial charge in [0, 0.05) is 24.2 Å². The largest absolute Gasteiger partial charge is 0.368 e. The number of fused-ring (bicyclic) bond motifs is 1. The van der Waals surface area contributed by atoms with Crippen molar-refractivity contribution in [2.24, 2.45) is 0 Å². The molecule has 0 radical (unpaired) electrons. The molecule has 0 saturated heterocycles. The number of hydrogen-bond donors (Lipinski definition) is 2. The van der Waals surface area contributed by atoms with Crippen molar-refractivity contribution >= 4 is 11.8 Å². The van der Waals surface area contributed by atoms with Crippen molar-refractivity contribution < 1.29 is 0 Å². The van der Waals surface area contributed by atoms with Crippen LogP contribution in [-0.4, -0.2) is 30.8 Å². The third kappa shape index (κ3) is 2.49. The summed E-state index contributed by atoms with van der Waals surface area (Å²) in [7, 11) is 0. The van der Waals surface area contributed by atoms with Gasteiger partial charge in [0.1, 0.15) is 17.5 Å². The maximum Gasteiger partial charge on any atom is 0.222 e. The Balaban J connectivity index is 1.75. The molecule has 2 aromatic rings. The average molecular weight is 259 g/mol. The average Bonchev–Trinajstić information content (AvgIpc) is 2.67. The van der Waals surface area contributed by atoms with Crippen LogP contribution in [0.25, 0.3) is 0 Å². The van der Waals surface area contributed by atoms with Gasteiger partial charge in [-0.3, -0.25) is 0 Å². The Kier molecular flexibility index (Phi) is 2.81. The van der Waals surface area contributed by atoms with Crippen LogP contribution in [0.15, 0.2) is 6.07 Å². The van der Waals surface area contributed by atoms with Gasteiger partial charge in [-0.2, -0.15) is 10.1 Å². The third-order valence-corrected chi connectivity index (χ3v) is 3.19. The summed E-state index contributed by atoms with van der Waals surface area (Å²) in [5, 5.41) is 7.78. The van der Waals surface area contributed by atoms with Gasteiger partial charge in [0.25, 0.3) is 0 Å². The Morgan fingerprint density at radius 3 is 2.95 bits per heavy atom. The number of aromatic nitrogens is 5. The van der Waals surface area contributed by atoms with Gasteiger partial charge in [0.05, 0.1) is 6.54 Å². The van der Waals surface area contributed by atoms with E-state index in [-0.39, 0.29) is 0 Å². The van der Waals surface area contributed by atoms with E-state index in [9.17, 15) is 0 Å². The monoisotopic (exact) mass is 259 g/mol. The standard InChI is InChI=1S/C12H17N7/c1-7-5-10(17-12(13)14-7)16-9-3-4-11-15-8(2)18-19(11)6-9/h5,9H,3-4,6H2,1-2H3,(H3,13,14,16,17)/t9-/m1/s1. The molecule has 100 valence electrons. The molecular weight excluding hydrogens is 242 g/mol. The van der Waals surface area contributed by atoms with E-state index in [0.29, 0.717) is 12.0 Å². The van der Waals surface area contributed by atoms with Crippen molar-refractivity contribution in [1.82, 2.24) is 24.7 Å². The number of nitrogens with two attached hydrogens (primary N) is 1. The van der Waals surface area contributed by atoms with E-state index >= 15 is 0 Å². The molecule has 7 heteroatoms. The van der Waals surface area contributed by atoms with Crippen molar-refractivity contribution in [3.8, 4) is 0 Å². The summed E-state index contributed by atoms with van der Waals surface area (Å²) in [6, 6.07) is 2.20. The first-order valence-corrected chi connectivity index (χ1v) is 6.38. The highest BCUT2D eigenvalue weighted by molar-refractivity contribution is 5.41. The summed E-state index contributed by atoms with van der Waals surface area (Å²) < 4.78 is 1.97. The summed E-state index contributed by atoms with van der Waals surface area (Å²) in [5.74, 6) is 2.97. The van der Waals surface area contributed by atoms with E-state index in [1.54, 1.807) is 0 Å². The molecule has 2 aromatic heterocycles. The molecule has 0 aliphatic carbocycles. The topological polar surface area (TPSA) is 94.5 Å². The first-order chi connectivity index (χ1) is 9.10. The summed E-state index contributed by atoms with van der Waals surface area (Å²) in [6.07, 6.45) is 1.94. The van der Waals surface area contributed by atoms with Crippen LogP contribution in [0.2, 0.25) is 0 Å². The summed E-state index contributed by atoms with van der Waals surface area (Å²) in [4.78, 5) is 12.7. The highest BCUT2D eigenvalue weighted by atomic mass is 15.4. The fraction of sp³-hybridized carbons (Fsp3) is 0.500. The lowest BCUT2D eigenvalue weighted by molar-refractivity contribution is 0.440. The van der Waals surface area contributed by atoms with Crippen LogP contribution in [0, 0.1) is 13.8 Å². The normalized spacial score (nSPS) is 18.1. The van der Waals surface area contributed by atoms with Gasteiger partial charge in [-0.15, -0.1) is 0 Å². The lowest BCUT2D eigenvalue weighted by Gasteiger charge is -2.24. The molecule has 7 nitrogen and oxygen atoms in total. The van der Waals surface area contributed by atoms with Gasteiger partial charge >= 0.3 is 0 Å².